The molecule has 0 saturated carbocycles. The lowest BCUT2D eigenvalue weighted by Gasteiger charge is -2.04. The molecule has 1 aromatic heterocycles. The SMILES string of the molecule is C=C/C(=C\c1sc(/C=C\CC)c(C)c1C)c1cccc(C)c1. The number of rotatable bonds is 5. The van der Waals surface area contributed by atoms with Gasteiger partial charge in [0.25, 0.3) is 0 Å². The van der Waals surface area contributed by atoms with Crippen LogP contribution >= 0.6 is 11.3 Å². The van der Waals surface area contributed by atoms with Gasteiger partial charge in [-0.3, -0.25) is 0 Å². The minimum absolute atomic E-state index is 1.07. The first-order chi connectivity index (χ1) is 10.6. The Labute approximate surface area is 138 Å². The van der Waals surface area contributed by atoms with Gasteiger partial charge in [0.15, 0.2) is 0 Å². The van der Waals surface area contributed by atoms with Crippen LogP contribution in [0.5, 0.6) is 0 Å². The second-order valence-electron chi connectivity index (χ2n) is 5.56. The zero-order valence-electron chi connectivity index (χ0n) is 13.9. The standard InChI is InChI=1S/C21H24S/c1-6-8-12-20-16(4)17(5)21(22-20)14-18(7-2)19-11-9-10-15(3)13-19/h7-14H,2,6H2,1,3-5H3/b12-8-,18-14+. The molecule has 114 valence electrons. The Bertz CT molecular complexity index is 726. The molecular weight excluding hydrogens is 284 g/mol. The van der Waals surface area contributed by atoms with Gasteiger partial charge >= 0.3 is 0 Å². The number of benzene rings is 1. The number of hydrogen-bond acceptors (Lipinski definition) is 1. The molecule has 0 N–H and O–H groups in total. The second kappa shape index (κ2) is 7.42. The number of allylic oxidation sites excluding steroid dienone is 3. The van der Waals surface area contributed by atoms with Crippen molar-refractivity contribution in [3.63, 3.8) is 0 Å². The molecule has 0 unspecified atom stereocenters. The summed E-state index contributed by atoms with van der Waals surface area (Å²) in [5.41, 5.74) is 6.43. The molecule has 0 fully saturated rings. The lowest BCUT2D eigenvalue weighted by Crippen LogP contribution is -1.83. The highest BCUT2D eigenvalue weighted by Crippen LogP contribution is 2.32. The second-order valence-corrected chi connectivity index (χ2v) is 6.65. The Morgan fingerprint density at radius 2 is 1.86 bits per heavy atom. The monoisotopic (exact) mass is 308 g/mol. The van der Waals surface area contributed by atoms with Crippen LogP contribution in [0.15, 0.2) is 43.0 Å². The van der Waals surface area contributed by atoms with E-state index < -0.39 is 0 Å². The summed E-state index contributed by atoms with van der Waals surface area (Å²) in [6, 6.07) is 8.58. The van der Waals surface area contributed by atoms with Crippen LogP contribution in [-0.4, -0.2) is 0 Å². The molecule has 0 bridgehead atoms. The Morgan fingerprint density at radius 3 is 2.50 bits per heavy atom. The van der Waals surface area contributed by atoms with Crippen molar-refractivity contribution in [1.82, 2.24) is 0 Å². The molecule has 0 amide bonds. The molecule has 0 saturated heterocycles. The van der Waals surface area contributed by atoms with E-state index >= 15 is 0 Å². The fourth-order valence-corrected chi connectivity index (χ4v) is 3.59. The van der Waals surface area contributed by atoms with Gasteiger partial charge in [0.05, 0.1) is 0 Å². The molecule has 1 heterocycles. The van der Waals surface area contributed by atoms with E-state index in [1.54, 1.807) is 0 Å². The summed E-state index contributed by atoms with van der Waals surface area (Å²) in [6.45, 7) is 12.7. The molecule has 2 rings (SSSR count). The van der Waals surface area contributed by atoms with E-state index in [0.717, 1.165) is 6.42 Å². The van der Waals surface area contributed by atoms with Crippen molar-refractivity contribution in [1.29, 1.82) is 0 Å². The Kier molecular flexibility index (Phi) is 5.57. The Balaban J connectivity index is 2.46. The van der Waals surface area contributed by atoms with E-state index in [-0.39, 0.29) is 0 Å². The zero-order chi connectivity index (χ0) is 16.1. The molecule has 22 heavy (non-hydrogen) atoms. The van der Waals surface area contributed by atoms with E-state index in [4.69, 9.17) is 0 Å². The first kappa shape index (κ1) is 16.5. The third kappa shape index (κ3) is 3.66. The van der Waals surface area contributed by atoms with Crippen LogP contribution in [0.4, 0.5) is 0 Å². The maximum atomic E-state index is 3.99. The maximum Gasteiger partial charge on any atom is 0.0314 e. The fraction of sp³-hybridized carbons (Fsp3) is 0.238. The Hall–Kier alpha value is -1.86. The lowest BCUT2D eigenvalue weighted by molar-refractivity contribution is 1.23. The van der Waals surface area contributed by atoms with Gasteiger partial charge in [-0.25, -0.2) is 0 Å². The minimum atomic E-state index is 1.07. The van der Waals surface area contributed by atoms with Gasteiger partial charge in [0, 0.05) is 9.75 Å². The molecule has 2 aromatic rings. The zero-order valence-corrected chi connectivity index (χ0v) is 14.8. The summed E-state index contributed by atoms with van der Waals surface area (Å²) in [5, 5.41) is 0. The average Bonchev–Trinajstić information content (AvgIpc) is 2.78. The van der Waals surface area contributed by atoms with E-state index in [0.29, 0.717) is 0 Å². The van der Waals surface area contributed by atoms with Gasteiger partial charge in [-0.1, -0.05) is 55.5 Å². The van der Waals surface area contributed by atoms with Gasteiger partial charge in [0.2, 0.25) is 0 Å². The molecule has 0 aliphatic carbocycles. The van der Waals surface area contributed by atoms with Crippen molar-refractivity contribution in [3.05, 3.63) is 75.0 Å². The van der Waals surface area contributed by atoms with Crippen molar-refractivity contribution < 1.29 is 0 Å². The summed E-state index contributed by atoms with van der Waals surface area (Å²) in [7, 11) is 0. The summed E-state index contributed by atoms with van der Waals surface area (Å²) < 4.78 is 0. The van der Waals surface area contributed by atoms with Crippen LogP contribution < -0.4 is 0 Å². The van der Waals surface area contributed by atoms with Gasteiger partial charge < -0.3 is 0 Å². The fourth-order valence-electron chi connectivity index (χ4n) is 2.39. The van der Waals surface area contributed by atoms with Crippen LogP contribution in [-0.2, 0) is 0 Å². The quantitative estimate of drug-likeness (QED) is 0.531. The molecule has 0 radical (unpaired) electrons. The molecule has 0 aliphatic heterocycles. The topological polar surface area (TPSA) is 0 Å². The first-order valence-corrected chi connectivity index (χ1v) is 8.56. The summed E-state index contributed by atoms with van der Waals surface area (Å²) in [4.78, 5) is 2.68. The number of thiophene rings is 1. The predicted octanol–water partition coefficient (Wildman–Crippen LogP) is 6.82. The predicted molar refractivity (Wildman–Crippen MR) is 102 cm³/mol. The van der Waals surface area contributed by atoms with Gasteiger partial charge in [0.1, 0.15) is 0 Å². The van der Waals surface area contributed by atoms with Gasteiger partial charge in [-0.15, -0.1) is 11.3 Å². The molecule has 1 aromatic carbocycles. The van der Waals surface area contributed by atoms with Crippen LogP contribution in [0.25, 0.3) is 17.7 Å². The smallest absolute Gasteiger partial charge is 0.0314 e. The maximum absolute atomic E-state index is 3.99. The number of hydrogen-bond donors (Lipinski definition) is 0. The lowest BCUT2D eigenvalue weighted by atomic mass is 10.0. The molecular formula is C21H24S. The molecule has 0 nitrogen and oxygen atoms in total. The molecule has 0 atom stereocenters. The molecule has 0 spiro atoms. The highest BCUT2D eigenvalue weighted by Gasteiger charge is 2.09. The van der Waals surface area contributed by atoms with Crippen LogP contribution in [0.2, 0.25) is 0 Å². The third-order valence-electron chi connectivity index (χ3n) is 3.88. The summed E-state index contributed by atoms with van der Waals surface area (Å²) >= 11 is 1.86. The van der Waals surface area contributed by atoms with Crippen molar-refractivity contribution in [2.75, 3.05) is 0 Å². The van der Waals surface area contributed by atoms with Crippen LogP contribution in [0.1, 0.15) is 45.4 Å². The number of aryl methyl sites for hydroxylation is 1. The molecule has 0 aliphatic rings. The Morgan fingerprint density at radius 1 is 1.14 bits per heavy atom. The highest BCUT2D eigenvalue weighted by molar-refractivity contribution is 7.14. The molecule has 1 heteroatoms. The summed E-state index contributed by atoms with van der Waals surface area (Å²) in [5.74, 6) is 0. The van der Waals surface area contributed by atoms with E-state index in [1.807, 2.05) is 17.4 Å². The van der Waals surface area contributed by atoms with Crippen molar-refractivity contribution in [2.45, 2.75) is 34.1 Å². The average molecular weight is 308 g/mol. The van der Waals surface area contributed by atoms with Crippen molar-refractivity contribution >= 4 is 29.1 Å². The summed E-state index contributed by atoms with van der Waals surface area (Å²) in [6.07, 6.45) is 9.75. The van der Waals surface area contributed by atoms with E-state index in [9.17, 15) is 0 Å². The van der Waals surface area contributed by atoms with Gasteiger partial charge in [-0.05, 0) is 61.6 Å². The van der Waals surface area contributed by atoms with Crippen molar-refractivity contribution in [3.8, 4) is 0 Å². The minimum Gasteiger partial charge on any atom is -0.136 e. The van der Waals surface area contributed by atoms with E-state index in [1.165, 1.54) is 37.6 Å². The van der Waals surface area contributed by atoms with Crippen LogP contribution in [0, 0.1) is 20.8 Å². The normalized spacial score (nSPS) is 12.1. The van der Waals surface area contributed by atoms with E-state index in [2.05, 4.69) is 76.8 Å². The first-order valence-electron chi connectivity index (χ1n) is 7.74. The van der Waals surface area contributed by atoms with Crippen molar-refractivity contribution in [2.24, 2.45) is 0 Å². The van der Waals surface area contributed by atoms with Crippen LogP contribution in [0.3, 0.4) is 0 Å². The van der Waals surface area contributed by atoms with Gasteiger partial charge in [-0.2, -0.15) is 0 Å². The largest absolute Gasteiger partial charge is 0.136 e. The third-order valence-corrected chi connectivity index (χ3v) is 5.19. The highest BCUT2D eigenvalue weighted by atomic mass is 32.1.